The maximum absolute atomic E-state index is 13.8. The minimum atomic E-state index is -0.462. The van der Waals surface area contributed by atoms with Gasteiger partial charge in [0.2, 0.25) is 0 Å². The fourth-order valence-electron chi connectivity index (χ4n) is 2.52. The van der Waals surface area contributed by atoms with Crippen LogP contribution in [0.4, 0.5) is 4.39 Å². The zero-order valence-electron chi connectivity index (χ0n) is 13.2. The Bertz CT molecular complexity index is 571. The van der Waals surface area contributed by atoms with Crippen LogP contribution in [0.5, 0.6) is 0 Å². The maximum atomic E-state index is 13.8. The SMILES string of the molecule is CC(C)N(Cc1ccccc1F)CC(O)Cc1ccccc1. The van der Waals surface area contributed by atoms with E-state index in [2.05, 4.69) is 18.7 Å². The molecule has 0 aliphatic heterocycles. The van der Waals surface area contributed by atoms with Crippen molar-refractivity contribution in [2.24, 2.45) is 0 Å². The third-order valence-corrected chi connectivity index (χ3v) is 3.82. The molecular formula is C19H24FNO. The summed E-state index contributed by atoms with van der Waals surface area (Å²) in [7, 11) is 0. The fraction of sp³-hybridized carbons (Fsp3) is 0.368. The predicted octanol–water partition coefficient (Wildman–Crippen LogP) is 3.64. The van der Waals surface area contributed by atoms with Gasteiger partial charge < -0.3 is 5.11 Å². The Labute approximate surface area is 132 Å². The van der Waals surface area contributed by atoms with Crippen molar-refractivity contribution in [2.75, 3.05) is 6.54 Å². The van der Waals surface area contributed by atoms with Crippen molar-refractivity contribution < 1.29 is 9.50 Å². The lowest BCUT2D eigenvalue weighted by molar-refractivity contribution is 0.0901. The fourth-order valence-corrected chi connectivity index (χ4v) is 2.52. The molecule has 0 saturated heterocycles. The average molecular weight is 301 g/mol. The Morgan fingerprint density at radius 2 is 1.64 bits per heavy atom. The van der Waals surface area contributed by atoms with Gasteiger partial charge in [-0.25, -0.2) is 4.39 Å². The van der Waals surface area contributed by atoms with Crippen LogP contribution in [0.2, 0.25) is 0 Å². The molecule has 2 aromatic carbocycles. The topological polar surface area (TPSA) is 23.5 Å². The van der Waals surface area contributed by atoms with E-state index < -0.39 is 6.10 Å². The zero-order chi connectivity index (χ0) is 15.9. The number of rotatable bonds is 7. The van der Waals surface area contributed by atoms with Gasteiger partial charge >= 0.3 is 0 Å². The lowest BCUT2D eigenvalue weighted by Gasteiger charge is -2.29. The molecule has 0 fully saturated rings. The highest BCUT2D eigenvalue weighted by molar-refractivity contribution is 5.18. The summed E-state index contributed by atoms with van der Waals surface area (Å²) < 4.78 is 13.8. The molecule has 2 rings (SSSR count). The first-order chi connectivity index (χ1) is 10.6. The van der Waals surface area contributed by atoms with Crippen LogP contribution in [-0.2, 0) is 13.0 Å². The van der Waals surface area contributed by atoms with E-state index in [9.17, 15) is 9.50 Å². The molecule has 0 amide bonds. The molecule has 3 heteroatoms. The van der Waals surface area contributed by atoms with E-state index >= 15 is 0 Å². The smallest absolute Gasteiger partial charge is 0.127 e. The van der Waals surface area contributed by atoms with E-state index in [1.807, 2.05) is 36.4 Å². The highest BCUT2D eigenvalue weighted by Gasteiger charge is 2.17. The molecule has 2 nitrogen and oxygen atoms in total. The zero-order valence-corrected chi connectivity index (χ0v) is 13.2. The van der Waals surface area contributed by atoms with Gasteiger partial charge in [-0.15, -0.1) is 0 Å². The summed E-state index contributed by atoms with van der Waals surface area (Å²) >= 11 is 0. The van der Waals surface area contributed by atoms with E-state index in [1.54, 1.807) is 12.1 Å². The third kappa shape index (κ3) is 4.93. The van der Waals surface area contributed by atoms with Crippen LogP contribution in [0, 0.1) is 5.82 Å². The summed E-state index contributed by atoms with van der Waals surface area (Å²) in [5.74, 6) is -0.189. The van der Waals surface area contributed by atoms with E-state index in [4.69, 9.17) is 0 Å². The van der Waals surface area contributed by atoms with Crippen LogP contribution in [0.3, 0.4) is 0 Å². The standard InChI is InChI=1S/C19H24FNO/c1-15(2)21(13-17-10-6-7-11-19(17)20)14-18(22)12-16-8-4-3-5-9-16/h3-11,15,18,22H,12-14H2,1-2H3. The number of benzene rings is 2. The Morgan fingerprint density at radius 1 is 1.00 bits per heavy atom. The van der Waals surface area contributed by atoms with E-state index in [0.29, 0.717) is 25.1 Å². The molecule has 0 heterocycles. The first kappa shape index (κ1) is 16.7. The molecule has 0 aliphatic rings. The van der Waals surface area contributed by atoms with Gasteiger partial charge in [-0.2, -0.15) is 0 Å². The molecule has 1 N–H and O–H groups in total. The molecule has 1 atom stereocenters. The van der Waals surface area contributed by atoms with Crippen LogP contribution in [0.25, 0.3) is 0 Å². The quantitative estimate of drug-likeness (QED) is 0.844. The molecule has 0 bridgehead atoms. The first-order valence-electron chi connectivity index (χ1n) is 7.75. The number of halogens is 1. The predicted molar refractivity (Wildman–Crippen MR) is 88.1 cm³/mol. The van der Waals surface area contributed by atoms with E-state index in [-0.39, 0.29) is 11.9 Å². The van der Waals surface area contributed by atoms with Crippen molar-refractivity contribution >= 4 is 0 Å². The van der Waals surface area contributed by atoms with Gasteiger partial charge in [-0.3, -0.25) is 4.90 Å². The van der Waals surface area contributed by atoms with Crippen LogP contribution < -0.4 is 0 Å². The first-order valence-corrected chi connectivity index (χ1v) is 7.75. The van der Waals surface area contributed by atoms with Crippen molar-refractivity contribution in [1.29, 1.82) is 0 Å². The highest BCUT2D eigenvalue weighted by atomic mass is 19.1. The lowest BCUT2D eigenvalue weighted by atomic mass is 10.1. The Hall–Kier alpha value is -1.71. The monoisotopic (exact) mass is 301 g/mol. The second-order valence-electron chi connectivity index (χ2n) is 5.96. The molecule has 0 saturated carbocycles. The molecule has 0 radical (unpaired) electrons. The summed E-state index contributed by atoms with van der Waals surface area (Å²) in [5.41, 5.74) is 1.78. The second-order valence-corrected chi connectivity index (χ2v) is 5.96. The molecule has 2 aromatic rings. The summed E-state index contributed by atoms with van der Waals surface area (Å²) in [6, 6.07) is 17.0. The van der Waals surface area contributed by atoms with Gasteiger partial charge in [0.15, 0.2) is 0 Å². The highest BCUT2D eigenvalue weighted by Crippen LogP contribution is 2.14. The van der Waals surface area contributed by atoms with Gasteiger partial charge in [0.1, 0.15) is 5.82 Å². The van der Waals surface area contributed by atoms with E-state index in [0.717, 1.165) is 5.56 Å². The number of aliphatic hydroxyl groups excluding tert-OH is 1. The summed E-state index contributed by atoms with van der Waals surface area (Å²) in [6.45, 7) is 5.17. The van der Waals surface area contributed by atoms with Crippen molar-refractivity contribution in [1.82, 2.24) is 4.90 Å². The van der Waals surface area contributed by atoms with Crippen molar-refractivity contribution in [2.45, 2.75) is 39.0 Å². The van der Waals surface area contributed by atoms with Gasteiger partial charge in [-0.05, 0) is 31.9 Å². The molecule has 1 unspecified atom stereocenters. The third-order valence-electron chi connectivity index (χ3n) is 3.82. The van der Waals surface area contributed by atoms with Crippen molar-refractivity contribution in [3.63, 3.8) is 0 Å². The van der Waals surface area contributed by atoms with Gasteiger partial charge in [-0.1, -0.05) is 48.5 Å². The van der Waals surface area contributed by atoms with Gasteiger partial charge in [0.05, 0.1) is 6.10 Å². The normalized spacial score (nSPS) is 12.8. The van der Waals surface area contributed by atoms with Crippen LogP contribution in [-0.4, -0.2) is 28.7 Å². The van der Waals surface area contributed by atoms with Gasteiger partial charge in [0, 0.05) is 24.7 Å². The Morgan fingerprint density at radius 3 is 2.27 bits per heavy atom. The minimum Gasteiger partial charge on any atom is -0.391 e. The Kier molecular flexibility index (Phi) is 6.10. The summed E-state index contributed by atoms with van der Waals surface area (Å²) in [5, 5.41) is 10.3. The Balaban J connectivity index is 1.98. The van der Waals surface area contributed by atoms with Crippen LogP contribution in [0.1, 0.15) is 25.0 Å². The molecular weight excluding hydrogens is 277 g/mol. The maximum Gasteiger partial charge on any atom is 0.127 e. The second kappa shape index (κ2) is 8.06. The summed E-state index contributed by atoms with van der Waals surface area (Å²) in [4.78, 5) is 2.10. The molecule has 118 valence electrons. The van der Waals surface area contributed by atoms with Gasteiger partial charge in [0.25, 0.3) is 0 Å². The largest absolute Gasteiger partial charge is 0.391 e. The number of hydrogen-bond donors (Lipinski definition) is 1. The number of nitrogens with zero attached hydrogens (tertiary/aromatic N) is 1. The summed E-state index contributed by atoms with van der Waals surface area (Å²) in [6.07, 6.45) is 0.151. The van der Waals surface area contributed by atoms with Crippen LogP contribution in [0.15, 0.2) is 54.6 Å². The molecule has 0 spiro atoms. The van der Waals surface area contributed by atoms with Crippen molar-refractivity contribution in [3.05, 3.63) is 71.5 Å². The molecule has 0 aliphatic carbocycles. The molecule has 22 heavy (non-hydrogen) atoms. The number of hydrogen-bond acceptors (Lipinski definition) is 2. The minimum absolute atomic E-state index is 0.189. The average Bonchev–Trinajstić information content (AvgIpc) is 2.49. The van der Waals surface area contributed by atoms with Crippen molar-refractivity contribution in [3.8, 4) is 0 Å². The molecule has 0 aromatic heterocycles. The number of aliphatic hydroxyl groups is 1. The lowest BCUT2D eigenvalue weighted by Crippen LogP contribution is -2.38. The van der Waals surface area contributed by atoms with Crippen LogP contribution >= 0.6 is 0 Å². The van der Waals surface area contributed by atoms with E-state index in [1.165, 1.54) is 6.07 Å².